The van der Waals surface area contributed by atoms with Crippen molar-refractivity contribution in [1.82, 2.24) is 0 Å². The molecular formula is C19H21NO3. The lowest BCUT2D eigenvalue weighted by Gasteiger charge is -2.17. The van der Waals surface area contributed by atoms with Gasteiger partial charge in [0.25, 0.3) is 0 Å². The fraction of sp³-hybridized carbons (Fsp3) is 0.316. The third-order valence-electron chi connectivity index (χ3n) is 4.14. The summed E-state index contributed by atoms with van der Waals surface area (Å²) in [5.74, 6) is 0.591. The lowest BCUT2D eigenvalue weighted by Crippen LogP contribution is -2.17. The Kier molecular flexibility index (Phi) is 4.93. The standard InChI is InChI=1S/C19H21NO3/c21-13-15-3-9-18(10-4-15)23-14-19(22)16-5-7-17(8-6-16)20-11-1-2-12-20/h3-10,21H,1-2,11-14H2. The molecule has 0 aromatic heterocycles. The second-order valence-electron chi connectivity index (χ2n) is 5.75. The highest BCUT2D eigenvalue weighted by Crippen LogP contribution is 2.20. The van der Waals surface area contributed by atoms with Crippen LogP contribution in [0.5, 0.6) is 5.75 Å². The van der Waals surface area contributed by atoms with Crippen molar-refractivity contribution in [3.63, 3.8) is 0 Å². The summed E-state index contributed by atoms with van der Waals surface area (Å²) >= 11 is 0. The molecule has 0 atom stereocenters. The summed E-state index contributed by atoms with van der Waals surface area (Å²) in [4.78, 5) is 14.5. The van der Waals surface area contributed by atoms with E-state index < -0.39 is 0 Å². The minimum absolute atomic E-state index is 0.00256. The van der Waals surface area contributed by atoms with Crippen LogP contribution in [-0.4, -0.2) is 30.6 Å². The smallest absolute Gasteiger partial charge is 0.200 e. The van der Waals surface area contributed by atoms with Gasteiger partial charge in [-0.05, 0) is 54.8 Å². The van der Waals surface area contributed by atoms with Crippen molar-refractivity contribution in [3.05, 3.63) is 59.7 Å². The van der Waals surface area contributed by atoms with Crippen LogP contribution in [0.2, 0.25) is 0 Å². The van der Waals surface area contributed by atoms with E-state index in [9.17, 15) is 4.79 Å². The first-order valence-electron chi connectivity index (χ1n) is 7.97. The van der Waals surface area contributed by atoms with Crippen LogP contribution in [0.1, 0.15) is 28.8 Å². The lowest BCUT2D eigenvalue weighted by molar-refractivity contribution is 0.0921. The Morgan fingerprint density at radius 3 is 2.26 bits per heavy atom. The number of rotatable bonds is 6. The maximum Gasteiger partial charge on any atom is 0.200 e. The number of Topliss-reactive ketones (excluding diaryl/α,β-unsaturated/α-hetero) is 1. The van der Waals surface area contributed by atoms with Crippen LogP contribution >= 0.6 is 0 Å². The zero-order valence-electron chi connectivity index (χ0n) is 13.1. The minimum Gasteiger partial charge on any atom is -0.485 e. The SMILES string of the molecule is O=C(COc1ccc(CO)cc1)c1ccc(N2CCCC2)cc1. The lowest BCUT2D eigenvalue weighted by atomic mass is 10.1. The van der Waals surface area contributed by atoms with Gasteiger partial charge >= 0.3 is 0 Å². The van der Waals surface area contributed by atoms with Crippen molar-refractivity contribution >= 4 is 11.5 Å². The number of benzene rings is 2. The van der Waals surface area contributed by atoms with E-state index >= 15 is 0 Å². The van der Waals surface area contributed by atoms with Crippen molar-refractivity contribution < 1.29 is 14.6 Å². The fourth-order valence-corrected chi connectivity index (χ4v) is 2.76. The fourth-order valence-electron chi connectivity index (χ4n) is 2.76. The molecule has 1 aliphatic rings. The normalized spacial score (nSPS) is 14.0. The number of hydrogen-bond acceptors (Lipinski definition) is 4. The Balaban J connectivity index is 1.56. The summed E-state index contributed by atoms with van der Waals surface area (Å²) in [6.45, 7) is 2.21. The van der Waals surface area contributed by atoms with E-state index in [4.69, 9.17) is 9.84 Å². The molecule has 1 fully saturated rings. The number of aliphatic hydroxyl groups excluding tert-OH is 1. The van der Waals surface area contributed by atoms with Crippen molar-refractivity contribution in [2.75, 3.05) is 24.6 Å². The van der Waals surface area contributed by atoms with E-state index in [2.05, 4.69) is 4.90 Å². The number of nitrogens with zero attached hydrogens (tertiary/aromatic N) is 1. The highest BCUT2D eigenvalue weighted by Gasteiger charge is 2.13. The highest BCUT2D eigenvalue weighted by molar-refractivity contribution is 5.97. The molecule has 0 spiro atoms. The molecule has 0 saturated carbocycles. The molecule has 23 heavy (non-hydrogen) atoms. The number of anilines is 1. The summed E-state index contributed by atoms with van der Waals surface area (Å²) in [6.07, 6.45) is 2.48. The molecule has 3 rings (SSSR count). The Labute approximate surface area is 136 Å². The van der Waals surface area contributed by atoms with Gasteiger partial charge in [-0.2, -0.15) is 0 Å². The summed E-state index contributed by atoms with van der Waals surface area (Å²) in [7, 11) is 0. The molecule has 1 saturated heterocycles. The Morgan fingerprint density at radius 2 is 1.65 bits per heavy atom. The molecule has 0 unspecified atom stereocenters. The zero-order chi connectivity index (χ0) is 16.1. The van der Waals surface area contributed by atoms with Crippen LogP contribution in [0, 0.1) is 0 Å². The number of ketones is 1. The quantitative estimate of drug-likeness (QED) is 0.833. The van der Waals surface area contributed by atoms with Gasteiger partial charge in [0, 0.05) is 24.3 Å². The molecule has 4 heteroatoms. The van der Waals surface area contributed by atoms with E-state index in [1.54, 1.807) is 24.3 Å². The average molecular weight is 311 g/mol. The predicted octanol–water partition coefficient (Wildman–Crippen LogP) is 3.04. The summed E-state index contributed by atoms with van der Waals surface area (Å²) < 4.78 is 5.51. The number of ether oxygens (including phenoxy) is 1. The molecule has 2 aromatic carbocycles. The van der Waals surface area contributed by atoms with Crippen LogP contribution in [0.25, 0.3) is 0 Å². The van der Waals surface area contributed by atoms with E-state index in [1.807, 2.05) is 24.3 Å². The number of carbonyl (C=O) groups excluding carboxylic acids is 1. The minimum atomic E-state index is -0.0378. The first kappa shape index (κ1) is 15.6. The van der Waals surface area contributed by atoms with Crippen LogP contribution in [0.4, 0.5) is 5.69 Å². The van der Waals surface area contributed by atoms with Crippen LogP contribution in [-0.2, 0) is 6.61 Å². The molecular weight excluding hydrogens is 290 g/mol. The van der Waals surface area contributed by atoms with Gasteiger partial charge in [0.2, 0.25) is 0 Å². The van der Waals surface area contributed by atoms with Crippen LogP contribution in [0.15, 0.2) is 48.5 Å². The summed E-state index contributed by atoms with van der Waals surface area (Å²) in [5, 5.41) is 9.00. The van der Waals surface area contributed by atoms with Crippen LogP contribution in [0.3, 0.4) is 0 Å². The van der Waals surface area contributed by atoms with Gasteiger partial charge < -0.3 is 14.7 Å². The first-order chi connectivity index (χ1) is 11.3. The molecule has 0 amide bonds. The maximum absolute atomic E-state index is 12.2. The molecule has 0 bridgehead atoms. The molecule has 1 heterocycles. The Bertz CT molecular complexity index is 643. The van der Waals surface area contributed by atoms with Crippen molar-refractivity contribution in [3.8, 4) is 5.75 Å². The van der Waals surface area contributed by atoms with E-state index in [0.717, 1.165) is 18.7 Å². The summed E-state index contributed by atoms with van der Waals surface area (Å²) in [6, 6.07) is 14.8. The molecule has 2 aromatic rings. The van der Waals surface area contributed by atoms with Gasteiger partial charge in [0.1, 0.15) is 5.75 Å². The maximum atomic E-state index is 12.2. The molecule has 4 nitrogen and oxygen atoms in total. The van der Waals surface area contributed by atoms with E-state index in [0.29, 0.717) is 11.3 Å². The van der Waals surface area contributed by atoms with Gasteiger partial charge in [0.05, 0.1) is 6.61 Å². The van der Waals surface area contributed by atoms with E-state index in [-0.39, 0.29) is 19.0 Å². The number of hydrogen-bond donors (Lipinski definition) is 1. The van der Waals surface area contributed by atoms with Gasteiger partial charge in [-0.1, -0.05) is 12.1 Å². The predicted molar refractivity (Wildman–Crippen MR) is 90.1 cm³/mol. The largest absolute Gasteiger partial charge is 0.485 e. The average Bonchev–Trinajstić information content (AvgIpc) is 3.15. The Morgan fingerprint density at radius 1 is 1.00 bits per heavy atom. The number of aliphatic hydroxyl groups is 1. The monoisotopic (exact) mass is 311 g/mol. The topological polar surface area (TPSA) is 49.8 Å². The molecule has 1 N–H and O–H groups in total. The molecule has 0 aliphatic carbocycles. The molecule has 120 valence electrons. The number of carbonyl (C=O) groups is 1. The molecule has 0 radical (unpaired) electrons. The second-order valence-corrected chi connectivity index (χ2v) is 5.75. The van der Waals surface area contributed by atoms with Crippen LogP contribution < -0.4 is 9.64 Å². The zero-order valence-corrected chi connectivity index (χ0v) is 13.1. The Hall–Kier alpha value is -2.33. The van der Waals surface area contributed by atoms with Gasteiger partial charge in [-0.3, -0.25) is 4.79 Å². The summed E-state index contributed by atoms with van der Waals surface area (Å²) in [5.41, 5.74) is 2.67. The third-order valence-corrected chi connectivity index (χ3v) is 4.14. The van der Waals surface area contributed by atoms with E-state index in [1.165, 1.54) is 18.5 Å². The highest BCUT2D eigenvalue weighted by atomic mass is 16.5. The van der Waals surface area contributed by atoms with Gasteiger partial charge in [-0.25, -0.2) is 0 Å². The first-order valence-corrected chi connectivity index (χ1v) is 7.97. The van der Waals surface area contributed by atoms with Crippen molar-refractivity contribution in [2.45, 2.75) is 19.4 Å². The van der Waals surface area contributed by atoms with Gasteiger partial charge in [-0.15, -0.1) is 0 Å². The van der Waals surface area contributed by atoms with Gasteiger partial charge in [0.15, 0.2) is 12.4 Å². The second kappa shape index (κ2) is 7.29. The van der Waals surface area contributed by atoms with Crippen molar-refractivity contribution in [1.29, 1.82) is 0 Å². The molecule has 1 aliphatic heterocycles. The van der Waals surface area contributed by atoms with Crippen molar-refractivity contribution in [2.24, 2.45) is 0 Å². The third kappa shape index (κ3) is 3.90.